The summed E-state index contributed by atoms with van der Waals surface area (Å²) in [5, 5.41) is 6.82. The van der Waals surface area contributed by atoms with Crippen molar-refractivity contribution in [3.05, 3.63) is 17.0 Å². The van der Waals surface area contributed by atoms with Gasteiger partial charge in [0.2, 0.25) is 5.91 Å². The van der Waals surface area contributed by atoms with Crippen LogP contribution in [0.5, 0.6) is 0 Å². The number of methoxy groups -OCH3 is 1. The minimum Gasteiger partial charge on any atom is -0.376 e. The predicted molar refractivity (Wildman–Crippen MR) is 74.4 cm³/mol. The molecule has 19 heavy (non-hydrogen) atoms. The first-order valence-electron chi connectivity index (χ1n) is 6.38. The van der Waals surface area contributed by atoms with Gasteiger partial charge in [-0.3, -0.25) is 4.79 Å². The molecule has 1 fully saturated rings. The van der Waals surface area contributed by atoms with Gasteiger partial charge in [0, 0.05) is 25.0 Å². The third kappa shape index (κ3) is 3.30. The van der Waals surface area contributed by atoms with E-state index in [1.807, 2.05) is 25.6 Å². The summed E-state index contributed by atoms with van der Waals surface area (Å²) in [5.41, 5.74) is 1.47. The Kier molecular flexibility index (Phi) is 4.52. The molecule has 0 aromatic carbocycles. The van der Waals surface area contributed by atoms with E-state index in [-0.39, 0.29) is 11.5 Å². The van der Waals surface area contributed by atoms with Gasteiger partial charge in [0.15, 0.2) is 0 Å². The number of carbonyl (C=O) groups excluding carboxylic acids is 1. The van der Waals surface area contributed by atoms with Crippen LogP contribution in [0.15, 0.2) is 4.52 Å². The highest BCUT2D eigenvalue weighted by Gasteiger charge is 2.34. The van der Waals surface area contributed by atoms with E-state index < -0.39 is 0 Å². The number of nitrogens with one attached hydrogen (secondary N) is 1. The molecule has 0 aliphatic carbocycles. The minimum absolute atomic E-state index is 0.0114. The molecule has 0 unspecified atom stereocenters. The van der Waals surface area contributed by atoms with Crippen LogP contribution in [0.1, 0.15) is 23.4 Å². The fourth-order valence-electron chi connectivity index (χ4n) is 2.20. The van der Waals surface area contributed by atoms with Crippen LogP contribution < -0.4 is 5.32 Å². The van der Waals surface area contributed by atoms with Crippen molar-refractivity contribution in [2.24, 2.45) is 0 Å². The second-order valence-corrected chi connectivity index (χ2v) is 6.05. The third-order valence-electron chi connectivity index (χ3n) is 3.63. The van der Waals surface area contributed by atoms with E-state index in [1.165, 1.54) is 0 Å². The van der Waals surface area contributed by atoms with Crippen LogP contribution in [0.2, 0.25) is 0 Å². The first-order valence-corrected chi connectivity index (χ1v) is 7.53. The van der Waals surface area contributed by atoms with Crippen LogP contribution in [-0.4, -0.2) is 41.8 Å². The quantitative estimate of drug-likeness (QED) is 0.887. The van der Waals surface area contributed by atoms with Gasteiger partial charge in [-0.25, -0.2) is 0 Å². The summed E-state index contributed by atoms with van der Waals surface area (Å²) < 4.78 is 10.6. The van der Waals surface area contributed by atoms with Gasteiger partial charge in [-0.2, -0.15) is 11.8 Å². The van der Waals surface area contributed by atoms with Gasteiger partial charge in [-0.05, 0) is 26.0 Å². The van der Waals surface area contributed by atoms with Crippen molar-refractivity contribution in [3.8, 4) is 0 Å². The molecule has 0 spiro atoms. The Morgan fingerprint density at radius 2 is 2.37 bits per heavy atom. The van der Waals surface area contributed by atoms with Crippen molar-refractivity contribution >= 4 is 17.7 Å². The lowest BCUT2D eigenvalue weighted by atomic mass is 10.0. The van der Waals surface area contributed by atoms with Crippen LogP contribution in [0.25, 0.3) is 0 Å². The average Bonchev–Trinajstić information content (AvgIpc) is 2.99. The van der Waals surface area contributed by atoms with Crippen LogP contribution in [0, 0.1) is 13.8 Å². The monoisotopic (exact) mass is 284 g/mol. The van der Waals surface area contributed by atoms with Gasteiger partial charge in [0.1, 0.15) is 5.76 Å². The van der Waals surface area contributed by atoms with Crippen LogP contribution >= 0.6 is 11.8 Å². The standard InChI is InChI=1S/C13H20N2O3S/c1-9-11(10(2)18-15-9)6-12(16)14-7-13(17-3)4-5-19-8-13/h4-8H2,1-3H3,(H,14,16)/t13-/m1/s1. The summed E-state index contributed by atoms with van der Waals surface area (Å²) in [7, 11) is 1.71. The molecule has 1 saturated heterocycles. The highest BCUT2D eigenvalue weighted by atomic mass is 32.2. The molecule has 2 heterocycles. The zero-order valence-electron chi connectivity index (χ0n) is 11.6. The van der Waals surface area contributed by atoms with E-state index in [4.69, 9.17) is 9.26 Å². The maximum absolute atomic E-state index is 12.0. The summed E-state index contributed by atoms with van der Waals surface area (Å²) in [6.45, 7) is 4.24. The summed E-state index contributed by atoms with van der Waals surface area (Å²) in [6.07, 6.45) is 1.30. The molecule has 5 nitrogen and oxygen atoms in total. The van der Waals surface area contributed by atoms with Crippen molar-refractivity contribution in [2.75, 3.05) is 25.2 Å². The van der Waals surface area contributed by atoms with Gasteiger partial charge in [0.25, 0.3) is 0 Å². The largest absolute Gasteiger partial charge is 0.376 e. The molecule has 0 saturated carbocycles. The molecule has 0 bridgehead atoms. The van der Waals surface area contributed by atoms with Crippen molar-refractivity contribution in [1.82, 2.24) is 10.5 Å². The molecule has 0 radical (unpaired) electrons. The van der Waals surface area contributed by atoms with E-state index in [2.05, 4.69) is 10.5 Å². The molecule has 2 rings (SSSR count). The minimum atomic E-state index is -0.195. The number of thioether (sulfide) groups is 1. The molecule has 1 aromatic heterocycles. The van der Waals surface area contributed by atoms with E-state index in [9.17, 15) is 4.79 Å². The van der Waals surface area contributed by atoms with Crippen LogP contribution in [0.4, 0.5) is 0 Å². The fourth-order valence-corrected chi connectivity index (χ4v) is 3.60. The molecular formula is C13H20N2O3S. The molecule has 1 aliphatic rings. The van der Waals surface area contributed by atoms with E-state index in [1.54, 1.807) is 7.11 Å². The Hall–Kier alpha value is -1.01. The molecule has 1 aliphatic heterocycles. The Morgan fingerprint density at radius 1 is 1.58 bits per heavy atom. The molecule has 1 N–H and O–H groups in total. The van der Waals surface area contributed by atoms with Crippen molar-refractivity contribution in [1.29, 1.82) is 0 Å². The summed E-state index contributed by atoms with van der Waals surface area (Å²) in [6, 6.07) is 0. The number of rotatable bonds is 5. The Bertz CT molecular complexity index is 433. The molecule has 106 valence electrons. The van der Waals surface area contributed by atoms with Crippen molar-refractivity contribution < 1.29 is 14.1 Å². The zero-order chi connectivity index (χ0) is 13.9. The lowest BCUT2D eigenvalue weighted by molar-refractivity contribution is -0.121. The average molecular weight is 284 g/mol. The number of aromatic nitrogens is 1. The first kappa shape index (κ1) is 14.4. The number of amides is 1. The predicted octanol–water partition coefficient (Wildman–Crippen LogP) is 1.47. The van der Waals surface area contributed by atoms with Crippen molar-refractivity contribution in [2.45, 2.75) is 32.3 Å². The number of carbonyl (C=O) groups is 1. The Labute approximate surface area is 117 Å². The van der Waals surface area contributed by atoms with E-state index in [0.717, 1.165) is 29.2 Å². The fraction of sp³-hybridized carbons (Fsp3) is 0.692. The summed E-state index contributed by atoms with van der Waals surface area (Å²) in [5.74, 6) is 2.73. The molecule has 1 aromatic rings. The number of hydrogen-bond donors (Lipinski definition) is 1. The normalized spacial score (nSPS) is 22.7. The second-order valence-electron chi connectivity index (χ2n) is 4.95. The highest BCUT2D eigenvalue weighted by Crippen LogP contribution is 2.30. The highest BCUT2D eigenvalue weighted by molar-refractivity contribution is 7.99. The Balaban J connectivity index is 1.88. The van der Waals surface area contributed by atoms with Crippen molar-refractivity contribution in [3.63, 3.8) is 0 Å². The molecule has 1 amide bonds. The van der Waals surface area contributed by atoms with E-state index in [0.29, 0.717) is 18.7 Å². The lowest BCUT2D eigenvalue weighted by Crippen LogP contribution is -2.45. The molecular weight excluding hydrogens is 264 g/mol. The molecule has 1 atom stereocenters. The van der Waals surface area contributed by atoms with Gasteiger partial charge < -0.3 is 14.6 Å². The maximum Gasteiger partial charge on any atom is 0.224 e. The zero-order valence-corrected chi connectivity index (χ0v) is 12.4. The number of aryl methyl sites for hydroxylation is 2. The van der Waals surface area contributed by atoms with Gasteiger partial charge >= 0.3 is 0 Å². The smallest absolute Gasteiger partial charge is 0.224 e. The Morgan fingerprint density at radius 3 is 2.89 bits per heavy atom. The van der Waals surface area contributed by atoms with Gasteiger partial charge in [-0.15, -0.1) is 0 Å². The van der Waals surface area contributed by atoms with Crippen LogP contribution in [-0.2, 0) is 16.0 Å². The van der Waals surface area contributed by atoms with Gasteiger partial charge in [-0.1, -0.05) is 5.16 Å². The van der Waals surface area contributed by atoms with Crippen LogP contribution in [0.3, 0.4) is 0 Å². The first-order chi connectivity index (χ1) is 9.06. The summed E-state index contributed by atoms with van der Waals surface area (Å²) >= 11 is 1.87. The second kappa shape index (κ2) is 5.96. The molecule has 6 heteroatoms. The number of nitrogens with zero attached hydrogens (tertiary/aromatic N) is 1. The third-order valence-corrected chi connectivity index (χ3v) is 4.85. The summed E-state index contributed by atoms with van der Waals surface area (Å²) in [4.78, 5) is 12.0. The van der Waals surface area contributed by atoms with E-state index >= 15 is 0 Å². The number of hydrogen-bond acceptors (Lipinski definition) is 5. The van der Waals surface area contributed by atoms with Gasteiger partial charge in [0.05, 0.1) is 17.7 Å². The lowest BCUT2D eigenvalue weighted by Gasteiger charge is -2.26. The maximum atomic E-state index is 12.0. The number of ether oxygens (including phenoxy) is 1. The SMILES string of the molecule is CO[C@@]1(CNC(=O)Cc2c(C)noc2C)CCSC1. The topological polar surface area (TPSA) is 64.4 Å².